The van der Waals surface area contributed by atoms with Crippen LogP contribution in [0.25, 0.3) is 0 Å². The number of allylic oxidation sites excluding steroid dienone is 2. The van der Waals surface area contributed by atoms with Crippen molar-refractivity contribution in [2.75, 3.05) is 39.9 Å². The van der Waals surface area contributed by atoms with Crippen molar-refractivity contribution in [3.63, 3.8) is 0 Å². The third kappa shape index (κ3) is 7.11. The van der Waals surface area contributed by atoms with E-state index in [9.17, 15) is 14.4 Å². The van der Waals surface area contributed by atoms with Crippen molar-refractivity contribution in [1.82, 2.24) is 9.80 Å². The Kier molecular flexibility index (Phi) is 9.67. The number of carbonyl (C=O) groups excluding carboxylic acids is 3. The topological polar surface area (TPSA) is 82.4 Å². The Morgan fingerprint density at radius 2 is 1.89 bits per heavy atom. The molecule has 1 saturated heterocycles. The number of carbonyl (C=O) groups is 3. The third-order valence-corrected chi connectivity index (χ3v) is 4.81. The Hall–Kier alpha value is -2.25. The van der Waals surface area contributed by atoms with Gasteiger partial charge < -0.3 is 9.69 Å². The molecule has 1 saturated carbocycles. The lowest BCUT2D eigenvalue weighted by atomic mass is 9.70. The summed E-state index contributed by atoms with van der Waals surface area (Å²) in [4.78, 5) is 46.1. The Morgan fingerprint density at radius 3 is 2.44 bits per heavy atom. The van der Waals surface area contributed by atoms with Crippen LogP contribution in [0.1, 0.15) is 26.2 Å². The van der Waals surface area contributed by atoms with Gasteiger partial charge in [0, 0.05) is 51.4 Å². The van der Waals surface area contributed by atoms with E-state index >= 15 is 0 Å². The molecule has 0 aromatic heterocycles. The van der Waals surface area contributed by atoms with Crippen LogP contribution in [-0.4, -0.2) is 80.5 Å². The summed E-state index contributed by atoms with van der Waals surface area (Å²) in [6.45, 7) is 13.9. The summed E-state index contributed by atoms with van der Waals surface area (Å²) in [5.41, 5.74) is -0.836. The van der Waals surface area contributed by atoms with Crippen molar-refractivity contribution in [3.05, 3.63) is 24.4 Å². The SMILES string of the molecule is C=C1CC(=O)CC(C=O)(CC)C1=O.C=N/C=C\C=N/CN1CCN(C)CC1. The minimum Gasteiger partial charge on any atom is -0.304 e. The number of Topliss-reactive ketones (excluding diaryl/α,β-unsaturated/α-hetero) is 2. The van der Waals surface area contributed by atoms with E-state index in [4.69, 9.17) is 0 Å². The first-order chi connectivity index (χ1) is 12.9. The Bertz CT molecular complexity index is 619. The molecule has 0 N–H and O–H groups in total. The maximum absolute atomic E-state index is 11.6. The van der Waals surface area contributed by atoms with Crippen LogP contribution >= 0.6 is 0 Å². The standard InChI is InChI=1S/C10H18N4.C10H12O3/c1-11-4-3-5-12-10-14-8-6-13(2)7-9-14;1-3-10(6-11)5-8(12)4-7(2)9(10)13/h3-5H,1,6-10H2,2H3;6H,2-5H2,1H3/b4-3-,12-5-;. The molecule has 1 aliphatic carbocycles. The summed E-state index contributed by atoms with van der Waals surface area (Å²) in [7, 11) is 2.15. The van der Waals surface area contributed by atoms with E-state index in [-0.39, 0.29) is 30.0 Å². The second kappa shape index (κ2) is 11.5. The average Bonchev–Trinajstić information content (AvgIpc) is 2.66. The highest BCUT2D eigenvalue weighted by atomic mass is 16.2. The van der Waals surface area contributed by atoms with Gasteiger partial charge in [-0.25, -0.2) is 0 Å². The summed E-state index contributed by atoms with van der Waals surface area (Å²) in [6, 6.07) is 0. The molecule has 0 spiro atoms. The normalized spacial score (nSPS) is 24.9. The van der Waals surface area contributed by atoms with Crippen LogP contribution in [0.5, 0.6) is 0 Å². The molecule has 27 heavy (non-hydrogen) atoms. The lowest BCUT2D eigenvalue weighted by Gasteiger charge is -2.30. The van der Waals surface area contributed by atoms with Gasteiger partial charge in [0.05, 0.1) is 12.1 Å². The lowest BCUT2D eigenvalue weighted by Crippen LogP contribution is -2.44. The average molecular weight is 374 g/mol. The number of aliphatic imine (C=N–C) groups is 2. The molecule has 2 aliphatic rings. The molecular weight excluding hydrogens is 344 g/mol. The van der Waals surface area contributed by atoms with Crippen LogP contribution in [-0.2, 0) is 14.4 Å². The molecule has 1 aliphatic heterocycles. The zero-order valence-corrected chi connectivity index (χ0v) is 16.4. The summed E-state index contributed by atoms with van der Waals surface area (Å²) in [6.07, 6.45) is 6.32. The van der Waals surface area contributed by atoms with E-state index in [1.807, 2.05) is 0 Å². The Morgan fingerprint density at radius 1 is 1.22 bits per heavy atom. The van der Waals surface area contributed by atoms with Crippen LogP contribution < -0.4 is 0 Å². The second-order valence-corrected chi connectivity index (χ2v) is 6.87. The number of hydrogen-bond donors (Lipinski definition) is 0. The molecule has 1 heterocycles. The fourth-order valence-corrected chi connectivity index (χ4v) is 2.94. The zero-order valence-electron chi connectivity index (χ0n) is 16.4. The van der Waals surface area contributed by atoms with Gasteiger partial charge in [0.15, 0.2) is 5.78 Å². The predicted octanol–water partition coefficient (Wildman–Crippen LogP) is 1.55. The van der Waals surface area contributed by atoms with Crippen molar-refractivity contribution in [2.45, 2.75) is 26.2 Å². The molecule has 0 bridgehead atoms. The monoisotopic (exact) mass is 374 g/mol. The largest absolute Gasteiger partial charge is 0.304 e. The van der Waals surface area contributed by atoms with Gasteiger partial charge in [0.25, 0.3) is 0 Å². The summed E-state index contributed by atoms with van der Waals surface area (Å²) in [5.74, 6) is -0.330. The number of rotatable bonds is 6. The van der Waals surface area contributed by atoms with Crippen molar-refractivity contribution in [2.24, 2.45) is 15.4 Å². The van der Waals surface area contributed by atoms with E-state index in [2.05, 4.69) is 40.1 Å². The van der Waals surface area contributed by atoms with E-state index in [0.717, 1.165) is 32.8 Å². The third-order valence-electron chi connectivity index (χ3n) is 4.81. The maximum Gasteiger partial charge on any atom is 0.172 e. The maximum atomic E-state index is 11.6. The molecular formula is C20H30N4O3. The minimum atomic E-state index is -1.10. The minimum absolute atomic E-state index is 0.0465. The summed E-state index contributed by atoms with van der Waals surface area (Å²) in [5, 5.41) is 0. The van der Waals surface area contributed by atoms with Gasteiger partial charge in [-0.05, 0) is 31.8 Å². The van der Waals surface area contributed by atoms with Gasteiger partial charge in [0.2, 0.25) is 0 Å². The highest BCUT2D eigenvalue weighted by Gasteiger charge is 2.43. The molecule has 1 unspecified atom stereocenters. The summed E-state index contributed by atoms with van der Waals surface area (Å²) >= 11 is 0. The predicted molar refractivity (Wildman–Crippen MR) is 108 cm³/mol. The molecule has 2 rings (SSSR count). The van der Waals surface area contributed by atoms with Crippen molar-refractivity contribution >= 4 is 30.8 Å². The highest BCUT2D eigenvalue weighted by molar-refractivity contribution is 6.15. The molecule has 7 nitrogen and oxygen atoms in total. The van der Waals surface area contributed by atoms with Crippen LogP contribution in [0.3, 0.4) is 0 Å². The Labute approximate surface area is 161 Å². The van der Waals surface area contributed by atoms with Gasteiger partial charge in [-0.15, -0.1) is 0 Å². The van der Waals surface area contributed by atoms with E-state index in [1.54, 1.807) is 25.4 Å². The van der Waals surface area contributed by atoms with Crippen LogP contribution in [0.15, 0.2) is 34.4 Å². The summed E-state index contributed by atoms with van der Waals surface area (Å²) < 4.78 is 0. The molecule has 0 amide bonds. The number of aldehydes is 1. The van der Waals surface area contributed by atoms with Gasteiger partial charge in [-0.1, -0.05) is 13.5 Å². The zero-order chi connectivity index (χ0) is 20.3. The molecule has 2 fully saturated rings. The van der Waals surface area contributed by atoms with Crippen molar-refractivity contribution in [3.8, 4) is 0 Å². The quantitative estimate of drug-likeness (QED) is 0.305. The van der Waals surface area contributed by atoms with Crippen molar-refractivity contribution in [1.29, 1.82) is 0 Å². The number of likely N-dealkylation sites (N-methyl/N-ethyl adjacent to an activating group) is 1. The highest BCUT2D eigenvalue weighted by Crippen LogP contribution is 2.34. The van der Waals surface area contributed by atoms with Gasteiger partial charge >= 0.3 is 0 Å². The number of hydrogen-bond acceptors (Lipinski definition) is 7. The van der Waals surface area contributed by atoms with E-state index in [1.165, 1.54) is 0 Å². The second-order valence-electron chi connectivity index (χ2n) is 6.87. The van der Waals surface area contributed by atoms with Gasteiger partial charge in [-0.3, -0.25) is 24.5 Å². The first kappa shape index (κ1) is 22.8. The molecule has 0 radical (unpaired) electrons. The van der Waals surface area contributed by atoms with Crippen LogP contribution in [0, 0.1) is 5.41 Å². The number of nitrogens with zero attached hydrogens (tertiary/aromatic N) is 4. The van der Waals surface area contributed by atoms with Gasteiger partial charge in [0.1, 0.15) is 12.1 Å². The fourth-order valence-electron chi connectivity index (χ4n) is 2.94. The number of piperazine rings is 1. The molecule has 148 valence electrons. The van der Waals surface area contributed by atoms with E-state index in [0.29, 0.717) is 12.7 Å². The van der Waals surface area contributed by atoms with Crippen LogP contribution in [0.4, 0.5) is 0 Å². The fraction of sp³-hybridized carbons (Fsp3) is 0.550. The molecule has 0 aromatic carbocycles. The molecule has 1 atom stereocenters. The molecule has 0 aromatic rings. The molecule has 7 heteroatoms. The first-order valence-electron chi connectivity index (χ1n) is 9.10. The lowest BCUT2D eigenvalue weighted by molar-refractivity contribution is -0.140. The van der Waals surface area contributed by atoms with Gasteiger partial charge in [-0.2, -0.15) is 0 Å². The number of ketones is 2. The van der Waals surface area contributed by atoms with E-state index < -0.39 is 5.41 Å². The first-order valence-corrected chi connectivity index (χ1v) is 9.10. The smallest absolute Gasteiger partial charge is 0.172 e. The Balaban J connectivity index is 0.000000271. The van der Waals surface area contributed by atoms with Crippen molar-refractivity contribution < 1.29 is 14.4 Å². The van der Waals surface area contributed by atoms with Crippen LogP contribution in [0.2, 0.25) is 0 Å².